The second-order valence-corrected chi connectivity index (χ2v) is 3.11. The van der Waals surface area contributed by atoms with Crippen LogP contribution in [0.1, 0.15) is 12.8 Å². The number of hydrogen-bond acceptors (Lipinski definition) is 2. The van der Waals surface area contributed by atoms with Crippen molar-refractivity contribution in [1.29, 1.82) is 0 Å². The molecule has 72 valence electrons. The summed E-state index contributed by atoms with van der Waals surface area (Å²) < 4.78 is 0. The quantitative estimate of drug-likeness (QED) is 0.716. The molecule has 0 saturated heterocycles. The molecule has 2 rings (SSSR count). The summed E-state index contributed by atoms with van der Waals surface area (Å²) in [4.78, 5) is 0. The number of rotatable bonds is 1. The van der Waals surface area contributed by atoms with Crippen LogP contribution in [0.3, 0.4) is 0 Å². The second-order valence-electron chi connectivity index (χ2n) is 3.11. The minimum Gasteiger partial charge on any atom is -0.313 e. The highest BCUT2D eigenvalue weighted by atomic mass is 79.9. The maximum absolute atomic E-state index is 3.37. The first kappa shape index (κ1) is 12.6. The Hall–Kier alpha value is 0.620. The average Bonchev–Trinajstić information content (AvgIpc) is 2.44. The zero-order chi connectivity index (χ0) is 6.97. The van der Waals surface area contributed by atoms with E-state index in [1.54, 1.807) is 11.1 Å². The fraction of sp³-hybridized carbons (Fsp3) is 0.750. The molecule has 1 heterocycles. The van der Waals surface area contributed by atoms with Crippen LogP contribution >= 0.6 is 34.0 Å². The van der Waals surface area contributed by atoms with Crippen molar-refractivity contribution in [3.05, 3.63) is 11.1 Å². The van der Waals surface area contributed by atoms with Gasteiger partial charge in [-0.15, -0.1) is 34.0 Å². The molecule has 1 unspecified atom stereocenters. The standard InChI is InChI=1S/C8H14N2.2BrH/c1-9-8-3-2-6-4-10-5-7(6)8;;/h8-10H,2-5H2,1H3;2*1H. The van der Waals surface area contributed by atoms with Gasteiger partial charge < -0.3 is 10.6 Å². The molecule has 4 heteroatoms. The van der Waals surface area contributed by atoms with Gasteiger partial charge >= 0.3 is 0 Å². The van der Waals surface area contributed by atoms with Crippen molar-refractivity contribution in [2.24, 2.45) is 0 Å². The van der Waals surface area contributed by atoms with E-state index >= 15 is 0 Å². The summed E-state index contributed by atoms with van der Waals surface area (Å²) in [5.41, 5.74) is 3.31. The van der Waals surface area contributed by atoms with Gasteiger partial charge in [0.15, 0.2) is 0 Å². The monoisotopic (exact) mass is 298 g/mol. The van der Waals surface area contributed by atoms with Crippen LogP contribution in [0.2, 0.25) is 0 Å². The van der Waals surface area contributed by atoms with E-state index in [4.69, 9.17) is 0 Å². The first-order valence-corrected chi connectivity index (χ1v) is 4.00. The molecule has 2 N–H and O–H groups in total. The van der Waals surface area contributed by atoms with E-state index in [0.717, 1.165) is 13.1 Å². The van der Waals surface area contributed by atoms with E-state index < -0.39 is 0 Å². The highest BCUT2D eigenvalue weighted by Crippen LogP contribution is 2.28. The Morgan fingerprint density at radius 2 is 2.08 bits per heavy atom. The first-order chi connectivity index (χ1) is 4.92. The normalized spacial score (nSPS) is 26.2. The third kappa shape index (κ3) is 2.10. The fourth-order valence-electron chi connectivity index (χ4n) is 2.02. The zero-order valence-corrected chi connectivity index (χ0v) is 10.6. The van der Waals surface area contributed by atoms with Gasteiger partial charge in [-0.2, -0.15) is 0 Å². The molecule has 0 spiro atoms. The molecule has 12 heavy (non-hydrogen) atoms. The zero-order valence-electron chi connectivity index (χ0n) is 7.22. The second kappa shape index (κ2) is 5.37. The van der Waals surface area contributed by atoms with E-state index in [9.17, 15) is 0 Å². The van der Waals surface area contributed by atoms with Crippen LogP contribution in [0.4, 0.5) is 0 Å². The van der Waals surface area contributed by atoms with Gasteiger partial charge in [0.1, 0.15) is 0 Å². The molecule has 0 aromatic rings. The Bertz CT molecular complexity index is 180. The van der Waals surface area contributed by atoms with Gasteiger partial charge in [0, 0.05) is 19.1 Å². The van der Waals surface area contributed by atoms with Crippen molar-refractivity contribution in [2.75, 3.05) is 20.1 Å². The fourth-order valence-corrected chi connectivity index (χ4v) is 2.02. The number of nitrogens with one attached hydrogen (secondary N) is 2. The Morgan fingerprint density at radius 3 is 2.75 bits per heavy atom. The number of hydrogen-bond donors (Lipinski definition) is 2. The van der Waals surface area contributed by atoms with Gasteiger partial charge in [-0.25, -0.2) is 0 Å². The minimum absolute atomic E-state index is 0. The van der Waals surface area contributed by atoms with Crippen molar-refractivity contribution in [1.82, 2.24) is 10.6 Å². The smallest absolute Gasteiger partial charge is 0.0295 e. The maximum Gasteiger partial charge on any atom is 0.0295 e. The Balaban J connectivity index is 0.000000605. The van der Waals surface area contributed by atoms with E-state index in [1.807, 2.05) is 0 Å². The predicted octanol–water partition coefficient (Wildman–Crippen LogP) is 1.42. The summed E-state index contributed by atoms with van der Waals surface area (Å²) in [6.45, 7) is 2.27. The maximum atomic E-state index is 3.37. The molecule has 0 saturated carbocycles. The summed E-state index contributed by atoms with van der Waals surface area (Å²) in [5, 5.41) is 6.71. The van der Waals surface area contributed by atoms with E-state index in [2.05, 4.69) is 17.7 Å². The molecule has 1 aliphatic heterocycles. The summed E-state index contributed by atoms with van der Waals surface area (Å²) in [7, 11) is 2.05. The topological polar surface area (TPSA) is 24.1 Å². The number of halogens is 2. The summed E-state index contributed by atoms with van der Waals surface area (Å²) in [6, 6.07) is 0.685. The van der Waals surface area contributed by atoms with Gasteiger partial charge in [0.25, 0.3) is 0 Å². The van der Waals surface area contributed by atoms with Gasteiger partial charge in [-0.1, -0.05) is 5.57 Å². The third-order valence-electron chi connectivity index (χ3n) is 2.61. The van der Waals surface area contributed by atoms with Crippen LogP contribution in [0.15, 0.2) is 11.1 Å². The highest BCUT2D eigenvalue weighted by Gasteiger charge is 2.26. The highest BCUT2D eigenvalue weighted by molar-refractivity contribution is 8.93. The Labute approximate surface area is 94.7 Å². The molecule has 0 fully saturated rings. The van der Waals surface area contributed by atoms with Crippen molar-refractivity contribution in [2.45, 2.75) is 18.9 Å². The lowest BCUT2D eigenvalue weighted by Gasteiger charge is -2.11. The summed E-state index contributed by atoms with van der Waals surface area (Å²) in [6.07, 6.45) is 2.64. The summed E-state index contributed by atoms with van der Waals surface area (Å²) in [5.74, 6) is 0. The van der Waals surface area contributed by atoms with Gasteiger partial charge in [-0.3, -0.25) is 0 Å². The molecule has 1 atom stereocenters. The molecule has 0 aromatic heterocycles. The molecule has 0 aromatic carbocycles. The lowest BCUT2D eigenvalue weighted by atomic mass is 10.1. The van der Waals surface area contributed by atoms with E-state index in [-0.39, 0.29) is 34.0 Å². The molecular weight excluding hydrogens is 284 g/mol. The molecule has 0 amide bonds. The van der Waals surface area contributed by atoms with E-state index in [1.165, 1.54) is 12.8 Å². The minimum atomic E-state index is 0. The lowest BCUT2D eigenvalue weighted by Crippen LogP contribution is -2.27. The Kier molecular flexibility index (Phi) is 5.65. The molecule has 1 aliphatic carbocycles. The van der Waals surface area contributed by atoms with Crippen LogP contribution in [0.5, 0.6) is 0 Å². The first-order valence-electron chi connectivity index (χ1n) is 4.00. The van der Waals surface area contributed by atoms with Crippen molar-refractivity contribution in [3.8, 4) is 0 Å². The van der Waals surface area contributed by atoms with Crippen LogP contribution in [0, 0.1) is 0 Å². The van der Waals surface area contributed by atoms with Crippen LogP contribution < -0.4 is 10.6 Å². The lowest BCUT2D eigenvalue weighted by molar-refractivity contribution is 0.600. The molecule has 2 aliphatic rings. The van der Waals surface area contributed by atoms with Crippen molar-refractivity contribution in [3.63, 3.8) is 0 Å². The van der Waals surface area contributed by atoms with Crippen LogP contribution in [0.25, 0.3) is 0 Å². The number of likely N-dealkylation sites (N-methyl/N-ethyl adjacent to an activating group) is 1. The van der Waals surface area contributed by atoms with Gasteiger partial charge in [0.2, 0.25) is 0 Å². The Morgan fingerprint density at radius 1 is 1.33 bits per heavy atom. The van der Waals surface area contributed by atoms with Gasteiger partial charge in [-0.05, 0) is 25.5 Å². The molecular formula is C8H16Br2N2. The third-order valence-corrected chi connectivity index (χ3v) is 2.61. The molecule has 0 radical (unpaired) electrons. The van der Waals surface area contributed by atoms with Crippen LogP contribution in [-0.2, 0) is 0 Å². The van der Waals surface area contributed by atoms with Gasteiger partial charge in [0.05, 0.1) is 0 Å². The largest absolute Gasteiger partial charge is 0.313 e. The predicted molar refractivity (Wildman–Crippen MR) is 62.6 cm³/mol. The average molecular weight is 300 g/mol. The van der Waals surface area contributed by atoms with E-state index in [0.29, 0.717) is 6.04 Å². The van der Waals surface area contributed by atoms with Crippen molar-refractivity contribution >= 4 is 34.0 Å². The molecule has 0 bridgehead atoms. The van der Waals surface area contributed by atoms with Crippen molar-refractivity contribution < 1.29 is 0 Å². The summed E-state index contributed by atoms with van der Waals surface area (Å²) >= 11 is 0. The molecule has 2 nitrogen and oxygen atoms in total. The SMILES string of the molecule is Br.Br.CNC1CCC2=C1CNC2. The van der Waals surface area contributed by atoms with Crippen LogP contribution in [-0.4, -0.2) is 26.2 Å².